The van der Waals surface area contributed by atoms with Gasteiger partial charge in [-0.25, -0.2) is 13.2 Å². The van der Waals surface area contributed by atoms with Gasteiger partial charge >= 0.3 is 0 Å². The number of hydrogen-bond acceptors (Lipinski definition) is 1. The second-order valence-corrected chi connectivity index (χ2v) is 3.94. The maximum Gasteiger partial charge on any atom is 0.263 e. The van der Waals surface area contributed by atoms with Gasteiger partial charge in [0, 0.05) is 24.9 Å². The van der Waals surface area contributed by atoms with Gasteiger partial charge in [-0.15, -0.1) is 0 Å². The molecular weight excluding hydrogens is 255 g/mol. The minimum absolute atomic E-state index is 0.481. The summed E-state index contributed by atoms with van der Waals surface area (Å²) in [5.74, 6) is -4.37. The Morgan fingerprint density at radius 3 is 2.05 bits per heavy atom. The SMILES string of the molecule is CN(C(=O)c1c(F)cc(F)cc1F)c1ccccc1. The van der Waals surface area contributed by atoms with E-state index in [0.717, 1.165) is 4.90 Å². The van der Waals surface area contributed by atoms with E-state index >= 15 is 0 Å². The first-order valence-corrected chi connectivity index (χ1v) is 5.48. The van der Waals surface area contributed by atoms with Gasteiger partial charge in [-0.2, -0.15) is 0 Å². The highest BCUT2D eigenvalue weighted by molar-refractivity contribution is 6.06. The lowest BCUT2D eigenvalue weighted by Crippen LogP contribution is -2.28. The van der Waals surface area contributed by atoms with Crippen LogP contribution in [0.5, 0.6) is 0 Å². The number of anilines is 1. The van der Waals surface area contributed by atoms with E-state index in [0.29, 0.717) is 17.8 Å². The van der Waals surface area contributed by atoms with Crippen molar-refractivity contribution in [2.24, 2.45) is 0 Å². The lowest BCUT2D eigenvalue weighted by Gasteiger charge is -2.18. The van der Waals surface area contributed by atoms with Gasteiger partial charge in [-0.05, 0) is 12.1 Å². The molecule has 0 aliphatic carbocycles. The molecule has 0 saturated heterocycles. The van der Waals surface area contributed by atoms with E-state index in [-0.39, 0.29) is 0 Å². The number of halogens is 3. The normalized spacial score (nSPS) is 10.3. The molecule has 19 heavy (non-hydrogen) atoms. The average molecular weight is 265 g/mol. The fourth-order valence-electron chi connectivity index (χ4n) is 1.68. The zero-order valence-electron chi connectivity index (χ0n) is 10.0. The van der Waals surface area contributed by atoms with E-state index in [1.807, 2.05) is 0 Å². The van der Waals surface area contributed by atoms with Gasteiger partial charge in [0.15, 0.2) is 0 Å². The van der Waals surface area contributed by atoms with Crippen molar-refractivity contribution in [3.63, 3.8) is 0 Å². The standard InChI is InChI=1S/C14H10F3NO/c1-18(10-5-3-2-4-6-10)14(19)13-11(16)7-9(15)8-12(13)17/h2-8H,1H3. The van der Waals surface area contributed by atoms with Crippen LogP contribution in [0.15, 0.2) is 42.5 Å². The Labute approximate surface area is 108 Å². The molecule has 0 fully saturated rings. The Morgan fingerprint density at radius 1 is 1.00 bits per heavy atom. The van der Waals surface area contributed by atoms with Crippen molar-refractivity contribution in [1.82, 2.24) is 0 Å². The quantitative estimate of drug-likeness (QED) is 0.815. The fourth-order valence-corrected chi connectivity index (χ4v) is 1.68. The first-order chi connectivity index (χ1) is 9.00. The zero-order valence-corrected chi connectivity index (χ0v) is 10.0. The summed E-state index contributed by atoms with van der Waals surface area (Å²) >= 11 is 0. The molecule has 0 atom stereocenters. The number of para-hydroxylation sites is 1. The van der Waals surface area contributed by atoms with Gasteiger partial charge in [0.05, 0.1) is 0 Å². The van der Waals surface area contributed by atoms with Crippen molar-refractivity contribution >= 4 is 11.6 Å². The van der Waals surface area contributed by atoms with Gasteiger partial charge < -0.3 is 4.90 Å². The number of nitrogens with zero attached hydrogens (tertiary/aromatic N) is 1. The largest absolute Gasteiger partial charge is 0.311 e. The van der Waals surface area contributed by atoms with Crippen LogP contribution < -0.4 is 4.90 Å². The van der Waals surface area contributed by atoms with E-state index in [4.69, 9.17) is 0 Å². The Morgan fingerprint density at radius 2 is 1.53 bits per heavy atom. The molecule has 0 aliphatic rings. The van der Waals surface area contributed by atoms with Crippen molar-refractivity contribution in [2.45, 2.75) is 0 Å². The lowest BCUT2D eigenvalue weighted by molar-refractivity contribution is 0.0985. The van der Waals surface area contributed by atoms with Crippen LogP contribution in [-0.2, 0) is 0 Å². The molecule has 0 heterocycles. The van der Waals surface area contributed by atoms with Crippen molar-refractivity contribution in [2.75, 3.05) is 11.9 Å². The van der Waals surface area contributed by atoms with Crippen molar-refractivity contribution in [1.29, 1.82) is 0 Å². The second-order valence-electron chi connectivity index (χ2n) is 3.94. The molecule has 0 unspecified atom stereocenters. The molecule has 2 aromatic rings. The van der Waals surface area contributed by atoms with Crippen LogP contribution in [0.25, 0.3) is 0 Å². The maximum atomic E-state index is 13.5. The van der Waals surface area contributed by atoms with E-state index in [2.05, 4.69) is 0 Å². The zero-order chi connectivity index (χ0) is 14.0. The molecule has 5 heteroatoms. The number of carbonyl (C=O) groups is 1. The van der Waals surface area contributed by atoms with Gasteiger partial charge in [-0.3, -0.25) is 4.79 Å². The number of carbonyl (C=O) groups excluding carboxylic acids is 1. The predicted octanol–water partition coefficient (Wildman–Crippen LogP) is 3.38. The number of rotatable bonds is 2. The number of amides is 1. The van der Waals surface area contributed by atoms with Crippen molar-refractivity contribution < 1.29 is 18.0 Å². The number of hydrogen-bond donors (Lipinski definition) is 0. The van der Waals surface area contributed by atoms with E-state index < -0.39 is 28.9 Å². The van der Waals surface area contributed by atoms with Crippen LogP contribution in [0.4, 0.5) is 18.9 Å². The molecule has 0 N–H and O–H groups in total. The summed E-state index contributed by atoms with van der Waals surface area (Å²) in [6.45, 7) is 0. The van der Waals surface area contributed by atoms with Crippen molar-refractivity contribution in [3.8, 4) is 0 Å². The van der Waals surface area contributed by atoms with E-state index in [1.54, 1.807) is 30.3 Å². The second kappa shape index (κ2) is 5.14. The highest BCUT2D eigenvalue weighted by Gasteiger charge is 2.22. The highest BCUT2D eigenvalue weighted by Crippen LogP contribution is 2.20. The molecule has 0 radical (unpaired) electrons. The minimum Gasteiger partial charge on any atom is -0.311 e. The average Bonchev–Trinajstić information content (AvgIpc) is 2.37. The maximum absolute atomic E-state index is 13.5. The monoisotopic (exact) mass is 265 g/mol. The summed E-state index contributed by atoms with van der Waals surface area (Å²) in [4.78, 5) is 13.1. The molecule has 1 amide bonds. The Kier molecular flexibility index (Phi) is 3.55. The molecule has 0 saturated carbocycles. The topological polar surface area (TPSA) is 20.3 Å². The van der Waals surface area contributed by atoms with E-state index in [9.17, 15) is 18.0 Å². The van der Waals surface area contributed by atoms with Gasteiger partial charge in [0.2, 0.25) is 0 Å². The molecule has 2 rings (SSSR count). The van der Waals surface area contributed by atoms with Crippen LogP contribution in [0.1, 0.15) is 10.4 Å². The van der Waals surface area contributed by atoms with Gasteiger partial charge in [-0.1, -0.05) is 18.2 Å². The first-order valence-electron chi connectivity index (χ1n) is 5.48. The Bertz CT molecular complexity index is 590. The van der Waals surface area contributed by atoms with Crippen LogP contribution in [0.3, 0.4) is 0 Å². The molecule has 0 spiro atoms. The lowest BCUT2D eigenvalue weighted by atomic mass is 10.1. The van der Waals surface area contributed by atoms with Crippen LogP contribution in [-0.4, -0.2) is 13.0 Å². The summed E-state index contributed by atoms with van der Waals surface area (Å²) in [6, 6.07) is 9.34. The third-order valence-electron chi connectivity index (χ3n) is 2.67. The first kappa shape index (κ1) is 13.1. The summed E-state index contributed by atoms with van der Waals surface area (Å²) in [6.07, 6.45) is 0. The highest BCUT2D eigenvalue weighted by atomic mass is 19.1. The fraction of sp³-hybridized carbons (Fsp3) is 0.0714. The predicted molar refractivity (Wildman–Crippen MR) is 65.5 cm³/mol. The summed E-state index contributed by atoms with van der Waals surface area (Å²) in [7, 11) is 1.39. The third kappa shape index (κ3) is 2.59. The molecular formula is C14H10F3NO. The molecule has 2 aromatic carbocycles. The Hall–Kier alpha value is -2.30. The van der Waals surface area contributed by atoms with Gasteiger partial charge in [0.1, 0.15) is 23.0 Å². The van der Waals surface area contributed by atoms with Crippen LogP contribution >= 0.6 is 0 Å². The van der Waals surface area contributed by atoms with Crippen LogP contribution in [0.2, 0.25) is 0 Å². The number of benzene rings is 2. The molecule has 0 aromatic heterocycles. The summed E-state index contributed by atoms with van der Waals surface area (Å²) in [5.41, 5.74) is -0.289. The Balaban J connectivity index is 2.40. The third-order valence-corrected chi connectivity index (χ3v) is 2.67. The van der Waals surface area contributed by atoms with Crippen molar-refractivity contribution in [3.05, 3.63) is 65.5 Å². The smallest absolute Gasteiger partial charge is 0.263 e. The van der Waals surface area contributed by atoms with Crippen LogP contribution in [0, 0.1) is 17.5 Å². The molecule has 2 nitrogen and oxygen atoms in total. The summed E-state index contributed by atoms with van der Waals surface area (Å²) in [5, 5.41) is 0. The van der Waals surface area contributed by atoms with Gasteiger partial charge in [0.25, 0.3) is 5.91 Å². The summed E-state index contributed by atoms with van der Waals surface area (Å²) < 4.78 is 39.8. The molecule has 0 aliphatic heterocycles. The van der Waals surface area contributed by atoms with E-state index in [1.165, 1.54) is 7.05 Å². The minimum atomic E-state index is -1.22. The molecule has 0 bridgehead atoms. The molecule has 98 valence electrons.